The van der Waals surface area contributed by atoms with Crippen molar-refractivity contribution in [2.45, 2.75) is 6.61 Å². The van der Waals surface area contributed by atoms with E-state index in [1.807, 2.05) is 18.2 Å². The lowest BCUT2D eigenvalue weighted by atomic mass is 10.1. The third kappa shape index (κ3) is 3.74. The Hall–Kier alpha value is -2.46. The SMILES string of the molecule is O=c1c(-c2ccccc2Cl)coc2cc(OCc3ccc(Cl)cc3Cl)ccc12. The van der Waals surface area contributed by atoms with Gasteiger partial charge in [0.25, 0.3) is 0 Å². The van der Waals surface area contributed by atoms with Crippen molar-refractivity contribution in [1.29, 1.82) is 0 Å². The lowest BCUT2D eigenvalue weighted by molar-refractivity contribution is 0.306. The molecule has 0 N–H and O–H groups in total. The van der Waals surface area contributed by atoms with Crippen LogP contribution >= 0.6 is 34.8 Å². The molecule has 4 rings (SSSR count). The van der Waals surface area contributed by atoms with Crippen LogP contribution in [0.4, 0.5) is 0 Å². The monoisotopic (exact) mass is 430 g/mol. The van der Waals surface area contributed by atoms with Crippen LogP contribution in [0.25, 0.3) is 22.1 Å². The fourth-order valence-electron chi connectivity index (χ4n) is 2.86. The number of ether oxygens (including phenoxy) is 1. The first kappa shape index (κ1) is 18.9. The Bertz CT molecular complexity index is 1230. The van der Waals surface area contributed by atoms with E-state index in [0.29, 0.717) is 42.9 Å². The minimum atomic E-state index is -0.151. The highest BCUT2D eigenvalue weighted by Gasteiger charge is 2.12. The summed E-state index contributed by atoms with van der Waals surface area (Å²) in [6, 6.07) is 17.5. The minimum Gasteiger partial charge on any atom is -0.489 e. The second-order valence-corrected chi connectivity index (χ2v) is 7.39. The van der Waals surface area contributed by atoms with E-state index in [0.717, 1.165) is 5.56 Å². The maximum Gasteiger partial charge on any atom is 0.200 e. The average Bonchev–Trinajstić information content (AvgIpc) is 2.68. The molecule has 0 spiro atoms. The molecule has 28 heavy (non-hydrogen) atoms. The molecule has 0 aliphatic rings. The van der Waals surface area contributed by atoms with Crippen molar-refractivity contribution < 1.29 is 9.15 Å². The fourth-order valence-corrected chi connectivity index (χ4v) is 3.56. The lowest BCUT2D eigenvalue weighted by Gasteiger charge is -2.09. The minimum absolute atomic E-state index is 0.151. The molecule has 140 valence electrons. The quantitative estimate of drug-likeness (QED) is 0.349. The van der Waals surface area contributed by atoms with Gasteiger partial charge in [0, 0.05) is 32.3 Å². The number of halogens is 3. The van der Waals surface area contributed by atoms with Crippen LogP contribution < -0.4 is 10.2 Å². The normalized spacial score (nSPS) is 11.0. The summed E-state index contributed by atoms with van der Waals surface area (Å²) in [6.07, 6.45) is 1.42. The van der Waals surface area contributed by atoms with Gasteiger partial charge in [0.15, 0.2) is 0 Å². The molecule has 0 aliphatic carbocycles. The van der Waals surface area contributed by atoms with Gasteiger partial charge < -0.3 is 9.15 Å². The van der Waals surface area contributed by atoms with E-state index in [4.69, 9.17) is 44.0 Å². The van der Waals surface area contributed by atoms with Crippen LogP contribution in [-0.2, 0) is 6.61 Å². The van der Waals surface area contributed by atoms with Crippen LogP contribution in [0.5, 0.6) is 5.75 Å². The Labute approximate surface area is 176 Å². The summed E-state index contributed by atoms with van der Waals surface area (Å²) in [7, 11) is 0. The highest BCUT2D eigenvalue weighted by molar-refractivity contribution is 6.35. The molecule has 0 saturated carbocycles. The lowest BCUT2D eigenvalue weighted by Crippen LogP contribution is -2.05. The molecule has 0 saturated heterocycles. The predicted octanol–water partition coefficient (Wildman–Crippen LogP) is 7.00. The Morgan fingerprint density at radius 3 is 2.46 bits per heavy atom. The third-order valence-electron chi connectivity index (χ3n) is 4.32. The van der Waals surface area contributed by atoms with E-state index in [-0.39, 0.29) is 12.0 Å². The molecule has 0 atom stereocenters. The van der Waals surface area contributed by atoms with Crippen LogP contribution in [0.2, 0.25) is 15.1 Å². The highest BCUT2D eigenvalue weighted by Crippen LogP contribution is 2.28. The summed E-state index contributed by atoms with van der Waals surface area (Å²) in [4.78, 5) is 12.9. The Kier molecular flexibility index (Phi) is 5.31. The number of fused-ring (bicyclic) bond motifs is 1. The van der Waals surface area contributed by atoms with Gasteiger partial charge in [-0.3, -0.25) is 4.79 Å². The second-order valence-electron chi connectivity index (χ2n) is 6.14. The van der Waals surface area contributed by atoms with Crippen molar-refractivity contribution in [3.63, 3.8) is 0 Å². The van der Waals surface area contributed by atoms with Crippen molar-refractivity contribution in [1.82, 2.24) is 0 Å². The molecule has 0 bridgehead atoms. The topological polar surface area (TPSA) is 39.4 Å². The number of hydrogen-bond donors (Lipinski definition) is 0. The van der Waals surface area contributed by atoms with Gasteiger partial charge in [0.05, 0.1) is 10.9 Å². The van der Waals surface area contributed by atoms with Gasteiger partial charge in [-0.15, -0.1) is 0 Å². The van der Waals surface area contributed by atoms with Gasteiger partial charge in [-0.2, -0.15) is 0 Å². The van der Waals surface area contributed by atoms with Crippen molar-refractivity contribution >= 4 is 45.8 Å². The van der Waals surface area contributed by atoms with Gasteiger partial charge in [0.1, 0.15) is 24.2 Å². The van der Waals surface area contributed by atoms with Crippen molar-refractivity contribution in [3.8, 4) is 16.9 Å². The smallest absolute Gasteiger partial charge is 0.200 e. The molecule has 1 aromatic heterocycles. The summed E-state index contributed by atoms with van der Waals surface area (Å²) < 4.78 is 11.5. The van der Waals surface area contributed by atoms with E-state index < -0.39 is 0 Å². The van der Waals surface area contributed by atoms with E-state index >= 15 is 0 Å². The van der Waals surface area contributed by atoms with Crippen LogP contribution in [0.1, 0.15) is 5.56 Å². The van der Waals surface area contributed by atoms with Crippen molar-refractivity contribution in [2.75, 3.05) is 0 Å². The molecule has 0 unspecified atom stereocenters. The van der Waals surface area contributed by atoms with Gasteiger partial charge in [-0.1, -0.05) is 59.1 Å². The summed E-state index contributed by atoms with van der Waals surface area (Å²) in [6.45, 7) is 0.267. The van der Waals surface area contributed by atoms with Crippen molar-refractivity contribution in [2.24, 2.45) is 0 Å². The Morgan fingerprint density at radius 2 is 1.68 bits per heavy atom. The largest absolute Gasteiger partial charge is 0.489 e. The van der Waals surface area contributed by atoms with E-state index in [1.54, 1.807) is 42.5 Å². The molecule has 4 aromatic rings. The summed E-state index contributed by atoms with van der Waals surface area (Å²) >= 11 is 18.3. The molecule has 1 heterocycles. The van der Waals surface area contributed by atoms with Crippen LogP contribution in [0.3, 0.4) is 0 Å². The number of benzene rings is 3. The standard InChI is InChI=1S/C22H13Cl3O3/c23-14-6-5-13(20(25)9-14)11-27-15-7-8-17-21(10-15)28-12-18(22(17)26)16-3-1-2-4-19(16)24/h1-10,12H,11H2. The highest BCUT2D eigenvalue weighted by atomic mass is 35.5. The average molecular weight is 432 g/mol. The maximum absolute atomic E-state index is 12.9. The molecule has 3 aromatic carbocycles. The first-order chi connectivity index (χ1) is 13.5. The maximum atomic E-state index is 12.9. The Morgan fingerprint density at radius 1 is 0.857 bits per heavy atom. The predicted molar refractivity (Wildman–Crippen MR) is 114 cm³/mol. The van der Waals surface area contributed by atoms with Crippen molar-refractivity contribution in [3.05, 3.63) is 97.8 Å². The van der Waals surface area contributed by atoms with E-state index in [2.05, 4.69) is 0 Å². The van der Waals surface area contributed by atoms with Crippen LogP contribution in [-0.4, -0.2) is 0 Å². The van der Waals surface area contributed by atoms with Gasteiger partial charge in [0.2, 0.25) is 5.43 Å². The second kappa shape index (κ2) is 7.88. The first-order valence-electron chi connectivity index (χ1n) is 8.40. The van der Waals surface area contributed by atoms with Gasteiger partial charge in [-0.05, 0) is 30.3 Å². The van der Waals surface area contributed by atoms with Gasteiger partial charge >= 0.3 is 0 Å². The first-order valence-corrected chi connectivity index (χ1v) is 9.53. The number of hydrogen-bond acceptors (Lipinski definition) is 3. The van der Waals surface area contributed by atoms with Crippen LogP contribution in [0.15, 0.2) is 76.1 Å². The molecular formula is C22H13Cl3O3. The molecule has 0 fully saturated rings. The number of rotatable bonds is 4. The zero-order valence-corrected chi connectivity index (χ0v) is 16.7. The summed E-state index contributed by atoms with van der Waals surface area (Å²) in [5, 5.41) is 2.04. The van der Waals surface area contributed by atoms with Crippen LogP contribution in [0, 0.1) is 0 Å². The molecule has 6 heteroatoms. The van der Waals surface area contributed by atoms with E-state index in [1.165, 1.54) is 6.26 Å². The Balaban J connectivity index is 1.64. The van der Waals surface area contributed by atoms with Gasteiger partial charge in [-0.25, -0.2) is 0 Å². The summed E-state index contributed by atoms with van der Waals surface area (Å²) in [5.74, 6) is 0.562. The zero-order valence-electron chi connectivity index (χ0n) is 14.4. The fraction of sp³-hybridized carbons (Fsp3) is 0.0455. The molecule has 0 amide bonds. The molecule has 3 nitrogen and oxygen atoms in total. The molecule has 0 radical (unpaired) electrons. The van der Waals surface area contributed by atoms with E-state index in [9.17, 15) is 4.79 Å². The molecular weight excluding hydrogens is 419 g/mol. The summed E-state index contributed by atoms with van der Waals surface area (Å²) in [5.41, 5.74) is 2.14. The third-order valence-corrected chi connectivity index (χ3v) is 5.24. The molecule has 0 aliphatic heterocycles. The zero-order chi connectivity index (χ0) is 19.7.